The van der Waals surface area contributed by atoms with Gasteiger partial charge >= 0.3 is 0 Å². The molecule has 194 valence electrons. The highest BCUT2D eigenvalue weighted by molar-refractivity contribution is 7.97. The molecule has 1 aliphatic rings. The summed E-state index contributed by atoms with van der Waals surface area (Å²) in [7, 11) is 1.50. The number of fused-ring (bicyclic) bond motifs is 1. The minimum Gasteiger partial charge on any atom is -0.491 e. The summed E-state index contributed by atoms with van der Waals surface area (Å²) in [5, 5.41) is 1.53. The Hall–Kier alpha value is -2.95. The number of aromatic nitrogens is 2. The van der Waals surface area contributed by atoms with Crippen LogP contribution in [0.5, 0.6) is 5.75 Å². The van der Waals surface area contributed by atoms with Crippen LogP contribution in [0, 0.1) is 12.9 Å². The van der Waals surface area contributed by atoms with Gasteiger partial charge in [-0.15, -0.1) is 0 Å². The van der Waals surface area contributed by atoms with Crippen LogP contribution in [0.4, 0.5) is 4.39 Å². The molecule has 7 nitrogen and oxygen atoms in total. The van der Waals surface area contributed by atoms with E-state index in [1.807, 2.05) is 37.3 Å². The van der Waals surface area contributed by atoms with Gasteiger partial charge in [-0.25, -0.2) is 9.29 Å². The molecule has 2 aromatic heterocycles. The topological polar surface area (TPSA) is 93.5 Å². The Morgan fingerprint density at radius 3 is 2.89 bits per heavy atom. The largest absolute Gasteiger partial charge is 0.491 e. The smallest absolute Gasteiger partial charge is 0.220 e. The lowest BCUT2D eigenvalue weighted by Crippen LogP contribution is -2.41. The van der Waals surface area contributed by atoms with Crippen molar-refractivity contribution in [1.82, 2.24) is 14.3 Å². The van der Waals surface area contributed by atoms with Crippen molar-refractivity contribution in [2.24, 2.45) is 5.73 Å². The second-order valence-electron chi connectivity index (χ2n) is 8.28. The summed E-state index contributed by atoms with van der Waals surface area (Å²) in [6.45, 7) is 4.14. The molecule has 0 radical (unpaired) electrons. The number of benzene rings is 2. The number of hydrogen-bond acceptors (Lipinski definition) is 7. The number of aldehydes is 1. The number of carbonyl (C=O) groups is 1. The quantitative estimate of drug-likeness (QED) is 0.181. The van der Waals surface area contributed by atoms with Crippen LogP contribution in [-0.4, -0.2) is 60.0 Å². The maximum absolute atomic E-state index is 14.2. The molecule has 1 unspecified atom stereocenters. The van der Waals surface area contributed by atoms with E-state index in [0.717, 1.165) is 33.2 Å². The number of H-pyrrole nitrogens is 1. The van der Waals surface area contributed by atoms with Gasteiger partial charge in [-0.2, -0.15) is 4.39 Å². The molecule has 0 amide bonds. The van der Waals surface area contributed by atoms with Gasteiger partial charge in [-0.3, -0.25) is 4.79 Å². The van der Waals surface area contributed by atoms with Crippen LogP contribution >= 0.6 is 23.5 Å². The number of pyridine rings is 1. The Balaban J connectivity index is 0.00000156. The third-order valence-electron chi connectivity index (χ3n) is 5.87. The fourth-order valence-electron chi connectivity index (χ4n) is 4.10. The van der Waals surface area contributed by atoms with E-state index < -0.39 is 5.95 Å². The normalized spacial score (nSPS) is 15.8. The van der Waals surface area contributed by atoms with Gasteiger partial charge < -0.3 is 20.2 Å². The second kappa shape index (κ2) is 12.5. The lowest BCUT2D eigenvalue weighted by Gasteiger charge is -2.31. The van der Waals surface area contributed by atoms with Crippen LogP contribution in [0.2, 0.25) is 5.02 Å². The van der Waals surface area contributed by atoms with E-state index in [0.29, 0.717) is 48.3 Å². The Kier molecular flexibility index (Phi) is 9.18. The standard InChI is InChI=1S/C26H23ClFN3O3S.CH5N/c1-16-4-6-18(12-21(16)20-3-2-8-29-26(20)28)34-15-19-13-31(9-10-33-19)35-25-22-11-17(27)5-7-23(22)30-24(25)14-32;1-2/h2-8,11-12,14,19,30H,9-10,13,15H2,1H3;2H2,1H3. The fourth-order valence-corrected chi connectivity index (χ4v) is 5.41. The van der Waals surface area contributed by atoms with E-state index in [1.165, 1.54) is 25.2 Å². The molecule has 0 bridgehead atoms. The number of ether oxygens (including phenoxy) is 2. The zero-order valence-corrected chi connectivity index (χ0v) is 22.1. The molecular formula is C27H28ClFN4O3S. The van der Waals surface area contributed by atoms with Crippen LogP contribution in [0.25, 0.3) is 22.0 Å². The van der Waals surface area contributed by atoms with Crippen molar-refractivity contribution >= 4 is 40.7 Å². The zero-order chi connectivity index (χ0) is 26.4. The summed E-state index contributed by atoms with van der Waals surface area (Å²) < 4.78 is 28.3. The molecule has 1 fully saturated rings. The summed E-state index contributed by atoms with van der Waals surface area (Å²) in [6, 6.07) is 14.6. The highest BCUT2D eigenvalue weighted by atomic mass is 35.5. The van der Waals surface area contributed by atoms with Gasteiger partial charge in [0, 0.05) is 40.8 Å². The number of aromatic amines is 1. The molecule has 37 heavy (non-hydrogen) atoms. The van der Waals surface area contributed by atoms with Gasteiger partial charge in [0.2, 0.25) is 5.95 Å². The van der Waals surface area contributed by atoms with Crippen molar-refractivity contribution in [3.8, 4) is 16.9 Å². The van der Waals surface area contributed by atoms with Gasteiger partial charge in [0.05, 0.1) is 17.2 Å². The average molecular weight is 543 g/mol. The predicted octanol–water partition coefficient (Wildman–Crippen LogP) is 5.51. The maximum atomic E-state index is 14.2. The highest BCUT2D eigenvalue weighted by Crippen LogP contribution is 2.36. The summed E-state index contributed by atoms with van der Waals surface area (Å²) >= 11 is 7.71. The van der Waals surface area contributed by atoms with Crippen LogP contribution in [0.15, 0.2) is 59.6 Å². The monoisotopic (exact) mass is 542 g/mol. The molecule has 1 atom stereocenters. The van der Waals surface area contributed by atoms with E-state index >= 15 is 0 Å². The average Bonchev–Trinajstić information content (AvgIpc) is 3.26. The van der Waals surface area contributed by atoms with Crippen LogP contribution in [0.3, 0.4) is 0 Å². The van der Waals surface area contributed by atoms with Crippen molar-refractivity contribution in [2.75, 3.05) is 33.4 Å². The molecule has 5 rings (SSSR count). The Bertz CT molecular complexity index is 1380. The van der Waals surface area contributed by atoms with Gasteiger partial charge in [0.1, 0.15) is 18.5 Å². The van der Waals surface area contributed by atoms with E-state index in [4.69, 9.17) is 21.1 Å². The third-order valence-corrected chi connectivity index (χ3v) is 7.32. The van der Waals surface area contributed by atoms with Gasteiger partial charge in [0.15, 0.2) is 6.29 Å². The molecular weight excluding hydrogens is 515 g/mol. The van der Waals surface area contributed by atoms with E-state index in [9.17, 15) is 9.18 Å². The molecule has 1 saturated heterocycles. The number of nitrogens with two attached hydrogens (primary N) is 1. The number of morpholine rings is 1. The minimum absolute atomic E-state index is 0.162. The Morgan fingerprint density at radius 2 is 2.11 bits per heavy atom. The van der Waals surface area contributed by atoms with Gasteiger partial charge in [-0.05, 0) is 79.5 Å². The predicted molar refractivity (Wildman–Crippen MR) is 146 cm³/mol. The summed E-state index contributed by atoms with van der Waals surface area (Å²) in [4.78, 5) is 19.4. The lowest BCUT2D eigenvalue weighted by molar-refractivity contribution is -0.0224. The fraction of sp³-hybridized carbons (Fsp3) is 0.259. The molecule has 0 spiro atoms. The molecule has 0 saturated carbocycles. The molecule has 0 aliphatic carbocycles. The minimum atomic E-state index is -0.510. The zero-order valence-electron chi connectivity index (χ0n) is 20.5. The first kappa shape index (κ1) is 27.1. The van der Waals surface area contributed by atoms with Crippen molar-refractivity contribution in [3.05, 3.63) is 77.0 Å². The number of halogens is 2. The second-order valence-corrected chi connectivity index (χ2v) is 9.82. The first-order valence-electron chi connectivity index (χ1n) is 11.7. The molecule has 3 N–H and O–H groups in total. The Morgan fingerprint density at radius 1 is 1.27 bits per heavy atom. The van der Waals surface area contributed by atoms with Crippen molar-refractivity contribution in [3.63, 3.8) is 0 Å². The molecule has 3 heterocycles. The summed E-state index contributed by atoms with van der Waals surface area (Å²) in [5.74, 6) is 0.126. The molecule has 10 heteroatoms. The van der Waals surface area contributed by atoms with Crippen LogP contribution < -0.4 is 10.5 Å². The number of nitrogens with zero attached hydrogens (tertiary/aromatic N) is 2. The first-order valence-corrected chi connectivity index (χ1v) is 12.9. The van der Waals surface area contributed by atoms with Crippen LogP contribution in [-0.2, 0) is 4.74 Å². The number of carbonyl (C=O) groups excluding carboxylic acids is 1. The lowest BCUT2D eigenvalue weighted by atomic mass is 10.0. The SMILES string of the molecule is CN.Cc1ccc(OCC2CN(Sc3c(C=O)[nH]c4ccc(Cl)cc34)CCO2)cc1-c1cccnc1F. The van der Waals surface area contributed by atoms with E-state index in [2.05, 4.69) is 20.0 Å². The summed E-state index contributed by atoms with van der Waals surface area (Å²) in [6.07, 6.45) is 2.10. The number of nitrogens with one attached hydrogen (secondary N) is 1. The van der Waals surface area contributed by atoms with Crippen molar-refractivity contribution < 1.29 is 18.7 Å². The van der Waals surface area contributed by atoms with Crippen molar-refractivity contribution in [1.29, 1.82) is 0 Å². The third kappa shape index (κ3) is 6.31. The maximum Gasteiger partial charge on any atom is 0.220 e. The number of hydrogen-bond donors (Lipinski definition) is 2. The molecule has 1 aliphatic heterocycles. The Labute approximate surface area is 224 Å². The van der Waals surface area contributed by atoms with E-state index in [-0.39, 0.29) is 6.10 Å². The van der Waals surface area contributed by atoms with Gasteiger partial charge in [-0.1, -0.05) is 17.7 Å². The van der Waals surface area contributed by atoms with Gasteiger partial charge in [0.25, 0.3) is 0 Å². The first-order chi connectivity index (χ1) is 18.0. The molecule has 2 aromatic carbocycles. The number of rotatable bonds is 7. The molecule has 4 aromatic rings. The van der Waals surface area contributed by atoms with Crippen molar-refractivity contribution in [2.45, 2.75) is 17.9 Å². The number of aryl methyl sites for hydroxylation is 1. The van der Waals surface area contributed by atoms with Crippen LogP contribution in [0.1, 0.15) is 16.1 Å². The highest BCUT2D eigenvalue weighted by Gasteiger charge is 2.24. The van der Waals surface area contributed by atoms with E-state index in [1.54, 1.807) is 18.2 Å². The summed E-state index contributed by atoms with van der Waals surface area (Å²) in [5.41, 5.74) is 8.02.